The van der Waals surface area contributed by atoms with Crippen LogP contribution in [0.1, 0.15) is 24.4 Å². The molecule has 0 radical (unpaired) electrons. The lowest BCUT2D eigenvalue weighted by molar-refractivity contribution is -0.145. The summed E-state index contributed by atoms with van der Waals surface area (Å²) in [7, 11) is 3.04. The molecule has 2 saturated heterocycles. The fourth-order valence-corrected chi connectivity index (χ4v) is 3.39. The summed E-state index contributed by atoms with van der Waals surface area (Å²) in [6, 6.07) is 4.29. The van der Waals surface area contributed by atoms with Crippen LogP contribution in [-0.2, 0) is 19.1 Å². The minimum Gasteiger partial charge on any atom is -0.493 e. The first-order valence-electron chi connectivity index (χ1n) is 8.52. The second-order valence-corrected chi connectivity index (χ2v) is 6.32. The predicted molar refractivity (Wildman–Crippen MR) is 94.6 cm³/mol. The zero-order chi connectivity index (χ0) is 20.7. The van der Waals surface area contributed by atoms with Crippen LogP contribution in [0, 0.1) is 0 Å². The maximum Gasteiger partial charge on any atom is 0.509 e. The zero-order valence-corrected chi connectivity index (χ0v) is 15.6. The van der Waals surface area contributed by atoms with Gasteiger partial charge in [-0.1, -0.05) is 6.07 Å². The SMILES string of the molecule is COc1ccc(C(C(=O)O)N2CCC3(CC2)COC(=O)O3)cc1OC.O=CO. The highest BCUT2D eigenvalue weighted by atomic mass is 16.8. The van der Waals surface area contributed by atoms with Crippen molar-refractivity contribution in [3.05, 3.63) is 23.8 Å². The molecule has 0 bridgehead atoms. The summed E-state index contributed by atoms with van der Waals surface area (Å²) >= 11 is 0. The van der Waals surface area contributed by atoms with Crippen molar-refractivity contribution in [1.82, 2.24) is 4.90 Å². The van der Waals surface area contributed by atoms with E-state index in [9.17, 15) is 14.7 Å². The molecule has 10 heteroatoms. The molecule has 2 fully saturated rings. The first kappa shape index (κ1) is 21.3. The van der Waals surface area contributed by atoms with Gasteiger partial charge in [-0.05, 0) is 17.7 Å². The third-order valence-electron chi connectivity index (χ3n) is 4.78. The fraction of sp³-hybridized carbons (Fsp3) is 0.500. The number of piperidine rings is 1. The Morgan fingerprint density at radius 3 is 2.32 bits per heavy atom. The van der Waals surface area contributed by atoms with Gasteiger partial charge in [0.1, 0.15) is 12.6 Å². The molecule has 28 heavy (non-hydrogen) atoms. The van der Waals surface area contributed by atoms with Crippen molar-refractivity contribution >= 4 is 18.6 Å². The Hall–Kier alpha value is -3.01. The van der Waals surface area contributed by atoms with Crippen molar-refractivity contribution in [3.63, 3.8) is 0 Å². The standard InChI is InChI=1S/C17H21NO7.CH2O2/c1-22-12-4-3-11(9-13(12)23-2)14(15(19)20)18-7-5-17(6-8-18)10-24-16(21)25-17;2-1-3/h3-4,9,14H,5-8,10H2,1-2H3,(H,19,20);1H,(H,2,3). The maximum atomic E-state index is 11.9. The molecule has 10 nitrogen and oxygen atoms in total. The van der Waals surface area contributed by atoms with Gasteiger partial charge in [0.25, 0.3) is 6.47 Å². The van der Waals surface area contributed by atoms with Crippen molar-refractivity contribution in [1.29, 1.82) is 0 Å². The van der Waals surface area contributed by atoms with Crippen LogP contribution in [0.5, 0.6) is 11.5 Å². The van der Waals surface area contributed by atoms with Gasteiger partial charge < -0.3 is 29.2 Å². The number of nitrogens with zero attached hydrogens (tertiary/aromatic N) is 1. The number of carbonyl (C=O) groups is 3. The second kappa shape index (κ2) is 9.27. The maximum absolute atomic E-state index is 11.9. The summed E-state index contributed by atoms with van der Waals surface area (Å²) in [5.74, 6) is 0.0868. The van der Waals surface area contributed by atoms with E-state index in [0.717, 1.165) is 0 Å². The van der Waals surface area contributed by atoms with Crippen LogP contribution in [0.2, 0.25) is 0 Å². The van der Waals surface area contributed by atoms with Crippen LogP contribution in [0.15, 0.2) is 18.2 Å². The lowest BCUT2D eigenvalue weighted by Gasteiger charge is -2.39. The third kappa shape index (κ3) is 4.63. The Morgan fingerprint density at radius 1 is 1.25 bits per heavy atom. The molecule has 0 aliphatic carbocycles. The minimum absolute atomic E-state index is 0.230. The van der Waals surface area contributed by atoms with Gasteiger partial charge in [-0.25, -0.2) is 4.79 Å². The van der Waals surface area contributed by atoms with Gasteiger partial charge in [0.2, 0.25) is 0 Å². The predicted octanol–water partition coefficient (Wildman–Crippen LogP) is 1.53. The van der Waals surface area contributed by atoms with Gasteiger partial charge in [0, 0.05) is 25.9 Å². The molecule has 2 heterocycles. The third-order valence-corrected chi connectivity index (χ3v) is 4.78. The molecule has 1 spiro atoms. The number of hydrogen-bond donors (Lipinski definition) is 2. The molecule has 3 rings (SSSR count). The number of hydrogen-bond acceptors (Lipinski definition) is 8. The molecule has 0 aromatic heterocycles. The van der Waals surface area contributed by atoms with E-state index in [1.165, 1.54) is 14.2 Å². The Kier molecular flexibility index (Phi) is 7.05. The smallest absolute Gasteiger partial charge is 0.493 e. The molecular weight excluding hydrogens is 374 g/mol. The highest BCUT2D eigenvalue weighted by molar-refractivity contribution is 5.76. The van der Waals surface area contributed by atoms with E-state index < -0.39 is 23.8 Å². The number of carboxylic acids is 1. The summed E-state index contributed by atoms with van der Waals surface area (Å²) < 4.78 is 20.7. The Balaban J connectivity index is 0.000000878. The number of methoxy groups -OCH3 is 2. The number of aliphatic carboxylic acids is 1. The Morgan fingerprint density at radius 2 is 1.86 bits per heavy atom. The van der Waals surface area contributed by atoms with E-state index in [4.69, 9.17) is 28.8 Å². The molecule has 0 amide bonds. The van der Waals surface area contributed by atoms with Crippen LogP contribution in [0.3, 0.4) is 0 Å². The Labute approximate surface area is 161 Å². The topological polar surface area (TPSA) is 132 Å². The summed E-state index contributed by atoms with van der Waals surface area (Å²) in [5, 5.41) is 16.6. The first-order chi connectivity index (χ1) is 13.4. The average Bonchev–Trinajstić information content (AvgIpc) is 3.04. The highest BCUT2D eigenvalue weighted by Gasteiger charge is 2.46. The largest absolute Gasteiger partial charge is 0.509 e. The van der Waals surface area contributed by atoms with Gasteiger partial charge >= 0.3 is 12.1 Å². The lowest BCUT2D eigenvalue weighted by Crippen LogP contribution is -2.48. The van der Waals surface area contributed by atoms with E-state index in [2.05, 4.69) is 0 Å². The van der Waals surface area contributed by atoms with Crippen LogP contribution < -0.4 is 9.47 Å². The average molecular weight is 397 g/mol. The summed E-state index contributed by atoms with van der Waals surface area (Å²) in [4.78, 5) is 33.3. The van der Waals surface area contributed by atoms with E-state index in [-0.39, 0.29) is 13.1 Å². The molecule has 0 saturated carbocycles. The number of carboxylic acid groups (broad SMARTS) is 2. The van der Waals surface area contributed by atoms with Gasteiger partial charge in [-0.2, -0.15) is 0 Å². The zero-order valence-electron chi connectivity index (χ0n) is 15.6. The quantitative estimate of drug-likeness (QED) is 0.557. The first-order valence-corrected chi connectivity index (χ1v) is 8.52. The van der Waals surface area contributed by atoms with E-state index in [0.29, 0.717) is 43.0 Å². The molecule has 2 aliphatic rings. The molecule has 1 aromatic carbocycles. The van der Waals surface area contributed by atoms with Gasteiger partial charge in [0.15, 0.2) is 17.1 Å². The second-order valence-electron chi connectivity index (χ2n) is 6.32. The summed E-state index contributed by atoms with van der Waals surface area (Å²) in [6.07, 6.45) is 0.425. The van der Waals surface area contributed by atoms with Crippen molar-refractivity contribution in [2.24, 2.45) is 0 Å². The highest BCUT2D eigenvalue weighted by Crippen LogP contribution is 2.37. The normalized spacial score (nSPS) is 18.9. The monoisotopic (exact) mass is 397 g/mol. The van der Waals surface area contributed by atoms with Crippen molar-refractivity contribution in [2.45, 2.75) is 24.5 Å². The van der Waals surface area contributed by atoms with E-state index >= 15 is 0 Å². The van der Waals surface area contributed by atoms with E-state index in [1.807, 2.05) is 4.90 Å². The summed E-state index contributed by atoms with van der Waals surface area (Å²) in [6.45, 7) is 0.956. The number of likely N-dealkylation sites (tertiary alicyclic amines) is 1. The van der Waals surface area contributed by atoms with Crippen molar-refractivity contribution < 1.29 is 43.5 Å². The van der Waals surface area contributed by atoms with Crippen LogP contribution >= 0.6 is 0 Å². The minimum atomic E-state index is -0.942. The molecule has 154 valence electrons. The number of rotatable bonds is 5. The van der Waals surface area contributed by atoms with E-state index in [1.54, 1.807) is 18.2 Å². The molecule has 2 N–H and O–H groups in total. The number of cyclic esters (lactones) is 1. The number of ether oxygens (including phenoxy) is 4. The van der Waals surface area contributed by atoms with Gasteiger partial charge in [-0.15, -0.1) is 0 Å². The molecule has 2 aliphatic heterocycles. The number of carbonyl (C=O) groups excluding carboxylic acids is 1. The Bertz CT molecular complexity index is 713. The number of benzene rings is 1. The molecule has 1 unspecified atom stereocenters. The molecule has 1 atom stereocenters. The van der Waals surface area contributed by atoms with Crippen molar-refractivity contribution in [2.75, 3.05) is 33.9 Å². The van der Waals surface area contributed by atoms with Crippen LogP contribution in [0.25, 0.3) is 0 Å². The summed E-state index contributed by atoms with van der Waals surface area (Å²) in [5.41, 5.74) is -0.00501. The van der Waals surface area contributed by atoms with Gasteiger partial charge in [-0.3, -0.25) is 14.5 Å². The molecule has 1 aromatic rings. The molecular formula is C18H23NO9. The van der Waals surface area contributed by atoms with Gasteiger partial charge in [0.05, 0.1) is 14.2 Å². The fourth-order valence-electron chi connectivity index (χ4n) is 3.39. The van der Waals surface area contributed by atoms with Crippen LogP contribution in [0.4, 0.5) is 4.79 Å². The lowest BCUT2D eigenvalue weighted by atomic mass is 9.90. The van der Waals surface area contributed by atoms with Crippen molar-refractivity contribution in [3.8, 4) is 11.5 Å². The van der Waals surface area contributed by atoms with Crippen LogP contribution in [-0.4, -0.2) is 73.2 Å².